The Bertz CT molecular complexity index is 303. The molecule has 84 valence electrons. The van der Waals surface area contributed by atoms with Crippen molar-refractivity contribution in [3.63, 3.8) is 0 Å². The van der Waals surface area contributed by atoms with Crippen LogP contribution in [0.15, 0.2) is 12.4 Å². The first-order valence-corrected chi connectivity index (χ1v) is 5.62. The Morgan fingerprint density at radius 3 is 2.87 bits per heavy atom. The zero-order valence-electron chi connectivity index (χ0n) is 9.26. The van der Waals surface area contributed by atoms with Crippen molar-refractivity contribution in [3.05, 3.63) is 18.0 Å². The van der Waals surface area contributed by atoms with Gasteiger partial charge in [-0.05, 0) is 45.0 Å². The monoisotopic (exact) mass is 209 g/mol. The normalized spacial score (nSPS) is 19.6. The lowest BCUT2D eigenvalue weighted by Crippen LogP contribution is -2.31. The maximum Gasteiger partial charge on any atom is 0.0543 e. The highest BCUT2D eigenvalue weighted by Crippen LogP contribution is 2.21. The fraction of sp³-hybridized carbons (Fsp3) is 0.727. The summed E-state index contributed by atoms with van der Waals surface area (Å²) in [4.78, 5) is 2.36. The first-order chi connectivity index (χ1) is 7.29. The van der Waals surface area contributed by atoms with Crippen LogP contribution in [0.4, 0.5) is 0 Å². The summed E-state index contributed by atoms with van der Waals surface area (Å²) < 4.78 is 2.07. The van der Waals surface area contributed by atoms with Crippen LogP contribution in [0.3, 0.4) is 0 Å². The summed E-state index contributed by atoms with van der Waals surface area (Å²) in [7, 11) is 2.16. The summed E-state index contributed by atoms with van der Waals surface area (Å²) in [5, 5.41) is 13.2. The van der Waals surface area contributed by atoms with E-state index in [1.165, 1.54) is 12.8 Å². The lowest BCUT2D eigenvalue weighted by Gasteiger charge is -2.28. The van der Waals surface area contributed by atoms with E-state index >= 15 is 0 Å². The smallest absolute Gasteiger partial charge is 0.0543 e. The summed E-state index contributed by atoms with van der Waals surface area (Å²) in [5.74, 6) is 0. The van der Waals surface area contributed by atoms with Crippen molar-refractivity contribution < 1.29 is 5.11 Å². The van der Waals surface area contributed by atoms with Gasteiger partial charge < -0.3 is 10.0 Å². The Hall–Kier alpha value is -0.870. The molecule has 1 aromatic heterocycles. The summed E-state index contributed by atoms with van der Waals surface area (Å²) >= 11 is 0. The number of hydrogen-bond donors (Lipinski definition) is 1. The molecule has 1 N–H and O–H groups in total. The van der Waals surface area contributed by atoms with Crippen LogP contribution in [0, 0.1) is 0 Å². The van der Waals surface area contributed by atoms with E-state index in [9.17, 15) is 0 Å². The molecule has 0 radical (unpaired) electrons. The predicted molar refractivity (Wildman–Crippen MR) is 58.8 cm³/mol. The average molecular weight is 209 g/mol. The topological polar surface area (TPSA) is 41.3 Å². The zero-order chi connectivity index (χ0) is 10.7. The van der Waals surface area contributed by atoms with Crippen molar-refractivity contribution in [1.82, 2.24) is 14.7 Å². The van der Waals surface area contributed by atoms with Crippen molar-refractivity contribution in [2.75, 3.05) is 26.7 Å². The summed E-state index contributed by atoms with van der Waals surface area (Å²) in [6.07, 6.45) is 7.01. The second-order valence-electron chi connectivity index (χ2n) is 4.34. The highest BCUT2D eigenvalue weighted by Gasteiger charge is 2.18. The fourth-order valence-electron chi connectivity index (χ4n) is 2.09. The van der Waals surface area contributed by atoms with Crippen molar-refractivity contribution in [2.45, 2.75) is 25.3 Å². The number of aromatic nitrogens is 2. The maximum absolute atomic E-state index is 8.83. The maximum atomic E-state index is 8.83. The van der Waals surface area contributed by atoms with Gasteiger partial charge in [0, 0.05) is 12.8 Å². The molecule has 1 aliphatic rings. The third-order valence-electron chi connectivity index (χ3n) is 3.12. The number of likely N-dealkylation sites (tertiary alicyclic amines) is 1. The molecule has 0 spiro atoms. The molecule has 15 heavy (non-hydrogen) atoms. The van der Waals surface area contributed by atoms with E-state index in [2.05, 4.69) is 27.9 Å². The SMILES string of the molecule is CN1CCC(n2cc(CCO)cn2)CC1. The van der Waals surface area contributed by atoms with Gasteiger partial charge in [0.2, 0.25) is 0 Å². The molecule has 0 amide bonds. The number of rotatable bonds is 3. The minimum atomic E-state index is 0.207. The van der Waals surface area contributed by atoms with E-state index in [0.29, 0.717) is 12.5 Å². The van der Waals surface area contributed by atoms with E-state index in [-0.39, 0.29) is 6.61 Å². The minimum absolute atomic E-state index is 0.207. The molecular formula is C11H19N3O. The Morgan fingerprint density at radius 2 is 2.20 bits per heavy atom. The second-order valence-corrected chi connectivity index (χ2v) is 4.34. The van der Waals surface area contributed by atoms with Crippen molar-refractivity contribution in [1.29, 1.82) is 0 Å². The van der Waals surface area contributed by atoms with Crippen molar-refractivity contribution >= 4 is 0 Å². The molecule has 4 nitrogen and oxygen atoms in total. The van der Waals surface area contributed by atoms with Gasteiger partial charge in [-0.25, -0.2) is 0 Å². The van der Waals surface area contributed by atoms with Gasteiger partial charge in [0.15, 0.2) is 0 Å². The predicted octanol–water partition coefficient (Wildman–Crippen LogP) is 0.685. The molecular weight excluding hydrogens is 190 g/mol. The highest BCUT2D eigenvalue weighted by atomic mass is 16.2. The molecule has 0 unspecified atom stereocenters. The van der Waals surface area contributed by atoms with Crippen LogP contribution in [0.25, 0.3) is 0 Å². The van der Waals surface area contributed by atoms with Gasteiger partial charge in [-0.1, -0.05) is 0 Å². The third kappa shape index (κ3) is 2.58. The van der Waals surface area contributed by atoms with Gasteiger partial charge in [0.1, 0.15) is 0 Å². The number of aliphatic hydroxyl groups is 1. The van der Waals surface area contributed by atoms with Crippen LogP contribution in [0.2, 0.25) is 0 Å². The van der Waals surface area contributed by atoms with Gasteiger partial charge in [0.05, 0.1) is 12.2 Å². The summed E-state index contributed by atoms with van der Waals surface area (Å²) in [5.41, 5.74) is 1.14. The standard InChI is InChI=1S/C11H19N3O/c1-13-5-2-11(3-6-13)14-9-10(4-7-15)8-12-14/h8-9,11,15H,2-7H2,1H3. The van der Waals surface area contributed by atoms with Gasteiger partial charge in [-0.3, -0.25) is 4.68 Å². The first kappa shape index (κ1) is 10.6. The van der Waals surface area contributed by atoms with E-state index < -0.39 is 0 Å². The lowest BCUT2D eigenvalue weighted by atomic mass is 10.1. The van der Waals surface area contributed by atoms with Crippen molar-refractivity contribution in [3.8, 4) is 0 Å². The third-order valence-corrected chi connectivity index (χ3v) is 3.12. The lowest BCUT2D eigenvalue weighted by molar-refractivity contribution is 0.212. The van der Waals surface area contributed by atoms with Crippen molar-refractivity contribution in [2.24, 2.45) is 0 Å². The van der Waals surface area contributed by atoms with E-state index in [1.807, 2.05) is 6.20 Å². The summed E-state index contributed by atoms with van der Waals surface area (Å²) in [6, 6.07) is 0.550. The molecule has 2 rings (SSSR count). The zero-order valence-corrected chi connectivity index (χ0v) is 9.26. The van der Waals surface area contributed by atoms with Crippen LogP contribution < -0.4 is 0 Å². The molecule has 1 saturated heterocycles. The fourth-order valence-corrected chi connectivity index (χ4v) is 2.09. The average Bonchev–Trinajstić information content (AvgIpc) is 2.68. The Morgan fingerprint density at radius 1 is 1.47 bits per heavy atom. The van der Waals surface area contributed by atoms with Crippen LogP contribution in [-0.2, 0) is 6.42 Å². The largest absolute Gasteiger partial charge is 0.396 e. The molecule has 1 aromatic rings. The minimum Gasteiger partial charge on any atom is -0.396 e. The number of nitrogens with zero attached hydrogens (tertiary/aromatic N) is 3. The molecule has 1 aliphatic heterocycles. The molecule has 1 fully saturated rings. The number of piperidine rings is 1. The quantitative estimate of drug-likeness (QED) is 0.796. The van der Waals surface area contributed by atoms with Crippen LogP contribution in [0.5, 0.6) is 0 Å². The molecule has 0 aliphatic carbocycles. The first-order valence-electron chi connectivity index (χ1n) is 5.62. The Kier molecular flexibility index (Phi) is 3.38. The molecule has 4 heteroatoms. The molecule has 0 saturated carbocycles. The van der Waals surface area contributed by atoms with Crippen LogP contribution >= 0.6 is 0 Å². The second kappa shape index (κ2) is 4.77. The molecule has 0 bridgehead atoms. The Balaban J connectivity index is 1.96. The van der Waals surface area contributed by atoms with Gasteiger partial charge >= 0.3 is 0 Å². The highest BCUT2D eigenvalue weighted by molar-refractivity contribution is 5.04. The van der Waals surface area contributed by atoms with Crippen LogP contribution in [-0.4, -0.2) is 46.5 Å². The summed E-state index contributed by atoms with van der Waals surface area (Å²) in [6.45, 7) is 2.51. The number of aliphatic hydroxyl groups excluding tert-OH is 1. The molecule has 0 atom stereocenters. The van der Waals surface area contributed by atoms with Crippen LogP contribution in [0.1, 0.15) is 24.4 Å². The number of hydrogen-bond acceptors (Lipinski definition) is 3. The van der Waals surface area contributed by atoms with E-state index in [0.717, 1.165) is 18.7 Å². The van der Waals surface area contributed by atoms with E-state index in [1.54, 1.807) is 0 Å². The Labute approximate surface area is 90.5 Å². The van der Waals surface area contributed by atoms with E-state index in [4.69, 9.17) is 5.11 Å². The molecule has 0 aromatic carbocycles. The van der Waals surface area contributed by atoms with Gasteiger partial charge in [-0.15, -0.1) is 0 Å². The molecule has 2 heterocycles. The van der Waals surface area contributed by atoms with Gasteiger partial charge in [-0.2, -0.15) is 5.10 Å². The van der Waals surface area contributed by atoms with Gasteiger partial charge in [0.25, 0.3) is 0 Å².